The molecule has 3 aromatic heterocycles. The molecule has 11 heteroatoms. The lowest BCUT2D eigenvalue weighted by molar-refractivity contribution is -0.142. The van der Waals surface area contributed by atoms with Crippen molar-refractivity contribution in [3.8, 4) is 11.1 Å². The highest BCUT2D eigenvalue weighted by Crippen LogP contribution is 2.40. The summed E-state index contributed by atoms with van der Waals surface area (Å²) in [6.07, 6.45) is 6.81. The van der Waals surface area contributed by atoms with Crippen LogP contribution < -0.4 is 21.5 Å². The van der Waals surface area contributed by atoms with Crippen molar-refractivity contribution in [1.82, 2.24) is 19.4 Å². The minimum absolute atomic E-state index is 0.100. The van der Waals surface area contributed by atoms with Crippen LogP contribution in [-0.2, 0) is 42.6 Å². The number of hydrogen-bond donors (Lipinski definition) is 2. The molecule has 5 rings (SSSR count). The van der Waals surface area contributed by atoms with Gasteiger partial charge >= 0.3 is 5.97 Å². The van der Waals surface area contributed by atoms with E-state index < -0.39 is 5.97 Å². The lowest BCUT2D eigenvalue weighted by atomic mass is 9.90. The zero-order valence-electron chi connectivity index (χ0n) is 24.9. The molecule has 0 fully saturated rings. The first kappa shape index (κ1) is 28.8. The summed E-state index contributed by atoms with van der Waals surface area (Å²) in [5.74, 6) is -0.0206. The van der Waals surface area contributed by atoms with Gasteiger partial charge < -0.3 is 24.9 Å². The average Bonchev–Trinajstić information content (AvgIpc) is 3.42. The van der Waals surface area contributed by atoms with E-state index in [2.05, 4.69) is 33.7 Å². The number of nitrogens with one attached hydrogen (secondary N) is 1. The van der Waals surface area contributed by atoms with Crippen LogP contribution in [0.15, 0.2) is 52.2 Å². The van der Waals surface area contributed by atoms with Crippen molar-refractivity contribution in [2.75, 3.05) is 18.5 Å². The van der Waals surface area contributed by atoms with Crippen LogP contribution in [0.1, 0.15) is 55.0 Å². The van der Waals surface area contributed by atoms with Crippen LogP contribution in [0.5, 0.6) is 0 Å². The van der Waals surface area contributed by atoms with Gasteiger partial charge in [-0.25, -0.2) is 9.98 Å². The highest BCUT2D eigenvalue weighted by molar-refractivity contribution is 6.06. The molecule has 0 radical (unpaired) electrons. The number of esters is 1. The number of aryl methyl sites for hydroxylation is 1. The quantitative estimate of drug-likeness (QED) is 0.252. The zero-order valence-corrected chi connectivity index (χ0v) is 24.9. The molecule has 0 saturated heterocycles. The number of rotatable bonds is 7. The van der Waals surface area contributed by atoms with Crippen LogP contribution >= 0.6 is 0 Å². The van der Waals surface area contributed by atoms with Crippen molar-refractivity contribution in [2.45, 2.75) is 53.7 Å². The number of aromatic nitrogens is 3. The number of amidine groups is 1. The first-order valence-electron chi connectivity index (χ1n) is 13.9. The number of pyridine rings is 2. The Kier molecular flexibility index (Phi) is 7.53. The Hall–Kier alpha value is -4.67. The molecule has 4 heterocycles. The van der Waals surface area contributed by atoms with E-state index in [-0.39, 0.29) is 35.0 Å². The van der Waals surface area contributed by atoms with E-state index >= 15 is 0 Å². The van der Waals surface area contributed by atoms with Gasteiger partial charge in [0.2, 0.25) is 0 Å². The van der Waals surface area contributed by atoms with Gasteiger partial charge in [-0.05, 0) is 60.6 Å². The minimum atomic E-state index is -0.459. The summed E-state index contributed by atoms with van der Waals surface area (Å²) in [5.41, 5.74) is 11.9. The summed E-state index contributed by atoms with van der Waals surface area (Å²) in [6.45, 7) is 8.63. The molecule has 0 saturated carbocycles. The first-order valence-corrected chi connectivity index (χ1v) is 13.9. The van der Waals surface area contributed by atoms with Crippen LogP contribution in [0, 0.1) is 5.41 Å². The van der Waals surface area contributed by atoms with Gasteiger partial charge in [0.15, 0.2) is 0 Å². The number of nitrogens with zero attached hydrogens (tertiary/aromatic N) is 5. The van der Waals surface area contributed by atoms with E-state index in [4.69, 9.17) is 10.5 Å². The minimum Gasteiger partial charge on any atom is -0.461 e. The van der Waals surface area contributed by atoms with Crippen LogP contribution in [0.2, 0.25) is 0 Å². The molecule has 0 spiro atoms. The fourth-order valence-corrected chi connectivity index (χ4v) is 5.80. The third kappa shape index (κ3) is 5.46. The Morgan fingerprint density at radius 2 is 1.98 bits per heavy atom. The van der Waals surface area contributed by atoms with Crippen molar-refractivity contribution >= 4 is 29.2 Å². The second kappa shape index (κ2) is 11.0. The first-order chi connectivity index (χ1) is 19.9. The summed E-state index contributed by atoms with van der Waals surface area (Å²) in [7, 11) is 3.40. The molecule has 0 aromatic carbocycles. The van der Waals surface area contributed by atoms with Gasteiger partial charge in [0.25, 0.3) is 11.5 Å². The van der Waals surface area contributed by atoms with E-state index in [9.17, 15) is 14.4 Å². The maximum absolute atomic E-state index is 13.9. The van der Waals surface area contributed by atoms with E-state index in [0.29, 0.717) is 41.3 Å². The average molecular weight is 572 g/mol. The summed E-state index contributed by atoms with van der Waals surface area (Å²) >= 11 is 0. The number of carbonyl (C=O) groups excluding carboxylic acids is 2. The number of carbonyl (C=O) groups is 2. The Balaban J connectivity index is 1.59. The van der Waals surface area contributed by atoms with Gasteiger partial charge in [-0.3, -0.25) is 19.3 Å². The van der Waals surface area contributed by atoms with E-state index in [1.54, 1.807) is 49.6 Å². The normalized spacial score (nSPS) is 16.3. The maximum atomic E-state index is 13.9. The number of hydrogen-bond acceptors (Lipinski definition) is 7. The Labute approximate surface area is 244 Å². The van der Waals surface area contributed by atoms with Crippen molar-refractivity contribution in [2.24, 2.45) is 23.2 Å². The van der Waals surface area contributed by atoms with Gasteiger partial charge in [0.05, 0.1) is 0 Å². The highest BCUT2D eigenvalue weighted by atomic mass is 16.5. The smallest absolute Gasteiger partial charge is 0.302 e. The molecule has 3 aromatic rings. The maximum Gasteiger partial charge on any atom is 0.302 e. The number of anilines is 1. The van der Waals surface area contributed by atoms with Gasteiger partial charge in [-0.1, -0.05) is 13.8 Å². The van der Waals surface area contributed by atoms with Gasteiger partial charge in [-0.2, -0.15) is 0 Å². The fourth-order valence-electron chi connectivity index (χ4n) is 5.80. The lowest BCUT2D eigenvalue weighted by Gasteiger charge is -2.31. The molecule has 0 atom stereocenters. The Morgan fingerprint density at radius 1 is 1.21 bits per heavy atom. The van der Waals surface area contributed by atoms with Crippen molar-refractivity contribution < 1.29 is 14.3 Å². The molecule has 0 bridgehead atoms. The molecule has 1 aliphatic carbocycles. The number of allylic oxidation sites excluding steroid dienone is 1. The molecule has 3 N–H and O–H groups in total. The Bertz CT molecular complexity index is 1710. The van der Waals surface area contributed by atoms with E-state index in [1.165, 1.54) is 22.7 Å². The standard InChI is InChI=1S/C31H37N7O4/c1-18(33-5)11-27(32)35-24-12-21(16-36(6)29(24)40)22-7-8-34-28(23(22)17-42-19(2)39)38-10-9-37-25(30(38)41)13-20-14-31(3,4)15-26(20)37/h7-8,11-13,16,33H,9-10,14-15,17H2,1-6H3,(H2,32,35)/b18-11-. The van der Waals surface area contributed by atoms with Crippen molar-refractivity contribution in [3.63, 3.8) is 0 Å². The molecule has 1 amide bonds. The molecule has 2 aliphatic rings. The number of fused-ring (bicyclic) bond motifs is 3. The van der Waals surface area contributed by atoms with Gasteiger partial charge in [0, 0.05) is 69.0 Å². The number of amides is 1. The van der Waals surface area contributed by atoms with Gasteiger partial charge in [-0.15, -0.1) is 0 Å². The highest BCUT2D eigenvalue weighted by Gasteiger charge is 2.37. The summed E-state index contributed by atoms with van der Waals surface area (Å²) in [4.78, 5) is 49.3. The molecule has 0 unspecified atom stereocenters. The fraction of sp³-hybridized carbons (Fsp3) is 0.387. The van der Waals surface area contributed by atoms with Crippen LogP contribution in [-0.4, -0.2) is 45.4 Å². The SMILES string of the molecule is CN/C(C)=C\C(N)=Nc1cc(-c2ccnc(N3CCn4c(cc5c4CC(C)(C)C5)C3=O)c2COC(C)=O)cn(C)c1=O. The second-order valence-electron chi connectivity index (χ2n) is 11.7. The molecular formula is C31H37N7O4. The third-order valence-corrected chi connectivity index (χ3v) is 7.82. The topological polar surface area (TPSA) is 137 Å². The van der Waals surface area contributed by atoms with Crippen LogP contribution in [0.25, 0.3) is 11.1 Å². The predicted molar refractivity (Wildman–Crippen MR) is 162 cm³/mol. The van der Waals surface area contributed by atoms with Gasteiger partial charge in [0.1, 0.15) is 29.6 Å². The predicted octanol–water partition coefficient (Wildman–Crippen LogP) is 3.21. The monoisotopic (exact) mass is 571 g/mol. The van der Waals surface area contributed by atoms with E-state index in [1.807, 2.05) is 13.0 Å². The summed E-state index contributed by atoms with van der Waals surface area (Å²) in [5, 5.41) is 2.97. The molecule has 11 nitrogen and oxygen atoms in total. The molecule has 1 aliphatic heterocycles. The van der Waals surface area contributed by atoms with Crippen molar-refractivity contribution in [1.29, 1.82) is 0 Å². The number of aliphatic imine (C=N–C) groups is 1. The van der Waals surface area contributed by atoms with E-state index in [0.717, 1.165) is 18.5 Å². The Morgan fingerprint density at radius 3 is 2.69 bits per heavy atom. The molecular weight excluding hydrogens is 534 g/mol. The lowest BCUT2D eigenvalue weighted by Crippen LogP contribution is -2.41. The van der Waals surface area contributed by atoms with Crippen LogP contribution in [0.4, 0.5) is 11.5 Å². The zero-order chi connectivity index (χ0) is 30.3. The van der Waals surface area contributed by atoms with Crippen LogP contribution in [0.3, 0.4) is 0 Å². The molecule has 220 valence electrons. The van der Waals surface area contributed by atoms with Crippen molar-refractivity contribution in [3.05, 3.63) is 75.2 Å². The summed E-state index contributed by atoms with van der Waals surface area (Å²) in [6, 6.07) is 5.43. The third-order valence-electron chi connectivity index (χ3n) is 7.82. The summed E-state index contributed by atoms with van der Waals surface area (Å²) < 4.78 is 9.02. The largest absolute Gasteiger partial charge is 0.461 e. The number of nitrogens with two attached hydrogens (primary N) is 1. The molecule has 42 heavy (non-hydrogen) atoms. The number of ether oxygens (including phenoxy) is 1. The second-order valence-corrected chi connectivity index (χ2v) is 11.7.